The van der Waals surface area contributed by atoms with Crippen molar-refractivity contribution in [3.8, 4) is 33.8 Å². The second kappa shape index (κ2) is 29.5. The second-order valence-corrected chi connectivity index (χ2v) is 25.9. The van der Waals surface area contributed by atoms with Crippen molar-refractivity contribution in [3.63, 3.8) is 0 Å². The van der Waals surface area contributed by atoms with Gasteiger partial charge in [0.15, 0.2) is 57.7 Å². The number of nitrogens with one attached hydrogen (secondary N) is 7. The van der Waals surface area contributed by atoms with Crippen LogP contribution < -0.4 is 37.2 Å². The molecule has 7 heterocycles. The number of rotatable bonds is 22. The van der Waals surface area contributed by atoms with Gasteiger partial charge < -0.3 is 52.3 Å². The molecular weight excluding hydrogens is 1360 g/mol. The first-order chi connectivity index (χ1) is 49.9. The lowest BCUT2D eigenvalue weighted by Gasteiger charge is -2.16. The first kappa shape index (κ1) is 68.5. The highest BCUT2D eigenvalue weighted by Crippen LogP contribution is 2.35. The van der Waals surface area contributed by atoms with Crippen molar-refractivity contribution < 1.29 is 56.1 Å². The normalized spacial score (nSPS) is 14.2. The zero-order chi connectivity index (χ0) is 71.6. The van der Waals surface area contributed by atoms with E-state index in [4.69, 9.17) is 21.8 Å². The van der Waals surface area contributed by atoms with E-state index in [9.17, 15) is 45.9 Å². The summed E-state index contributed by atoms with van der Waals surface area (Å²) >= 11 is 6.47. The van der Waals surface area contributed by atoms with Crippen molar-refractivity contribution in [1.82, 2.24) is 69.3 Å². The summed E-state index contributed by atoms with van der Waals surface area (Å²) in [6, 6.07) is 28.7. The Hall–Kier alpha value is -11.6. The summed E-state index contributed by atoms with van der Waals surface area (Å²) < 4.78 is 75.7. The van der Waals surface area contributed by atoms with Crippen LogP contribution in [0.4, 0.5) is 44.2 Å². The molecular formula is C73H67ClF5N17O7. The average Bonchev–Trinajstić information content (AvgIpc) is 1.69. The highest BCUT2D eigenvalue weighted by Gasteiger charge is 2.28. The Morgan fingerprint density at radius 2 is 0.951 bits per heavy atom. The fourth-order valence-corrected chi connectivity index (χ4v) is 12.4. The van der Waals surface area contributed by atoms with Gasteiger partial charge in [-0.25, -0.2) is 56.7 Å². The minimum Gasteiger partial charge on any atom is -0.465 e. The Morgan fingerprint density at radius 3 is 1.42 bits per heavy atom. The van der Waals surface area contributed by atoms with Gasteiger partial charge in [0.25, 0.3) is 17.7 Å². The van der Waals surface area contributed by atoms with Crippen molar-refractivity contribution in [3.05, 3.63) is 179 Å². The van der Waals surface area contributed by atoms with Gasteiger partial charge in [-0.1, -0.05) is 41.9 Å². The number of aliphatic hydroxyl groups is 1. The van der Waals surface area contributed by atoms with E-state index in [1.165, 1.54) is 12.1 Å². The molecule has 30 heteroatoms. The molecule has 6 aromatic carbocycles. The number of carboxylic acid groups (broad SMARTS) is 1. The molecule has 24 nitrogen and oxygen atoms in total. The van der Waals surface area contributed by atoms with E-state index in [0.717, 1.165) is 86.9 Å². The molecule has 16 rings (SSSR count). The topological polar surface area (TPSA) is 304 Å². The van der Waals surface area contributed by atoms with Crippen molar-refractivity contribution in [2.75, 3.05) is 61.8 Å². The maximum atomic E-state index is 14.3. The number of carbonyl (C=O) groups is 5. The zero-order valence-electron chi connectivity index (χ0n) is 55.1. The Labute approximate surface area is 588 Å². The smallest absolute Gasteiger partial charge is 0.404 e. The van der Waals surface area contributed by atoms with Crippen LogP contribution in [0, 0.1) is 29.1 Å². The van der Waals surface area contributed by atoms with Crippen LogP contribution in [0.5, 0.6) is 0 Å². The Balaban J connectivity index is 0.000000131. The van der Waals surface area contributed by atoms with E-state index in [0.29, 0.717) is 140 Å². The number of likely N-dealkylation sites (tertiary alicyclic amines) is 1. The molecule has 3 saturated carbocycles. The van der Waals surface area contributed by atoms with Crippen LogP contribution in [-0.4, -0.2) is 152 Å². The van der Waals surface area contributed by atoms with Crippen molar-refractivity contribution >= 4 is 109 Å². The summed E-state index contributed by atoms with van der Waals surface area (Å²) in [4.78, 5) is 88.4. The molecule has 4 aliphatic rings. The number of hydrogen-bond acceptors (Lipinski definition) is 15. The van der Waals surface area contributed by atoms with Gasteiger partial charge in [-0.2, -0.15) is 0 Å². The quantitative estimate of drug-likeness (QED) is 0.0225. The molecule has 9 N–H and O–H groups in total. The highest BCUT2D eigenvalue weighted by molar-refractivity contribution is 6.34. The predicted octanol–water partition coefficient (Wildman–Crippen LogP) is 11.6. The van der Waals surface area contributed by atoms with Crippen LogP contribution in [-0.2, 0) is 4.79 Å². The summed E-state index contributed by atoms with van der Waals surface area (Å²) in [5.41, 5.74) is 9.39. The van der Waals surface area contributed by atoms with Crippen LogP contribution in [0.2, 0.25) is 5.02 Å². The molecule has 4 fully saturated rings. The molecule has 0 spiro atoms. The molecule has 6 aromatic heterocycles. The van der Waals surface area contributed by atoms with Gasteiger partial charge >= 0.3 is 6.09 Å². The molecule has 0 bridgehead atoms. The summed E-state index contributed by atoms with van der Waals surface area (Å²) in [7, 11) is 0. The average molecular weight is 1420 g/mol. The predicted molar refractivity (Wildman–Crippen MR) is 378 cm³/mol. The van der Waals surface area contributed by atoms with E-state index >= 15 is 0 Å². The Bertz CT molecular complexity index is 5300. The molecule has 528 valence electrons. The number of aromatic nitrogens is 9. The molecule has 3 aliphatic carbocycles. The summed E-state index contributed by atoms with van der Waals surface area (Å²) in [5, 5.41) is 38.7. The third-order valence-corrected chi connectivity index (χ3v) is 18.2. The molecule has 103 heavy (non-hydrogen) atoms. The standard InChI is InChI=1S/C27H26F2N6O2.C24H22ClFN6O3.C22H19F2N5O2/c28-19-13-21-22(14-20(19)29)35-23(16-4-6-17(7-5-16)27(37)32-18-8-9-18)15-31-26(35)25(33-21)30-10-2-12-34-11-1-3-24(34)36;25-17-10-13(2-6-16(17)23(33)30-15-4-5-15)20-12-29-22-21(27-8-1-9-28-24(34)35)31-18-7-3-14(26)11-19(18)32(20)22;23-15-9-17-18(10-16(15)24)29-19(11-26-21(29)20(28-17)25-7-8-30)12-1-3-13(4-2-12)22(31)27-14-5-6-14/h4-7,13-15,18H,1-3,8-12H2,(H,30,33)(H,32,37);2-3,6-7,10-12,15,28H,1,4-5,8-9H2,(H,27,31)(H,30,33)(H,34,35);1-4,9-11,14,30H,5-8H2,(H,25,28)(H,27,31). The number of aliphatic hydroxyl groups excluding tert-OH is 1. The lowest BCUT2D eigenvalue weighted by atomic mass is 10.1. The van der Waals surface area contributed by atoms with Gasteiger partial charge in [-0.05, 0) is 106 Å². The molecule has 5 amide bonds. The van der Waals surface area contributed by atoms with E-state index in [-0.39, 0.29) is 72.5 Å². The number of carbonyl (C=O) groups excluding carboxylic acids is 4. The van der Waals surface area contributed by atoms with Crippen LogP contribution in [0.25, 0.3) is 83.8 Å². The molecule has 0 unspecified atom stereocenters. The SMILES string of the molecule is O=C(NC1CC1)c1ccc(-c2cnc3c(NCCCN4CCCC4=O)nc4cc(F)c(F)cc4n23)cc1.O=C(NC1CC1)c1ccc(-c2cnc3c(NCCO)nc4cc(F)c(F)cc4n23)cc1.O=C(O)NCCCNc1nc2ccc(F)cc2n2c(-c3ccc(C(=O)NC4CC4)c(Cl)c3)cnc12. The molecule has 0 radical (unpaired) electrons. The first-order valence-electron chi connectivity index (χ1n) is 33.7. The van der Waals surface area contributed by atoms with Gasteiger partial charge in [0.05, 0.1) is 86.0 Å². The highest BCUT2D eigenvalue weighted by atomic mass is 35.5. The first-order valence-corrected chi connectivity index (χ1v) is 34.1. The number of imidazole rings is 3. The number of nitrogens with zero attached hydrogens (tertiary/aromatic N) is 10. The number of amides is 5. The number of hydrogen-bond donors (Lipinski definition) is 9. The second-order valence-electron chi connectivity index (χ2n) is 25.5. The van der Waals surface area contributed by atoms with Crippen LogP contribution in [0.3, 0.4) is 0 Å². The van der Waals surface area contributed by atoms with Crippen LogP contribution in [0.15, 0.2) is 128 Å². The minimum atomic E-state index is -1.08. The Morgan fingerprint density at radius 1 is 0.505 bits per heavy atom. The molecule has 1 saturated heterocycles. The number of anilines is 3. The van der Waals surface area contributed by atoms with Crippen molar-refractivity contribution in [1.29, 1.82) is 0 Å². The molecule has 12 aromatic rings. The van der Waals surface area contributed by atoms with Crippen LogP contribution in [0.1, 0.15) is 95.3 Å². The third-order valence-electron chi connectivity index (χ3n) is 17.8. The fourth-order valence-electron chi connectivity index (χ4n) is 12.1. The van der Waals surface area contributed by atoms with Crippen molar-refractivity contribution in [2.24, 2.45) is 0 Å². The number of fused-ring (bicyclic) bond motifs is 9. The zero-order valence-corrected chi connectivity index (χ0v) is 55.8. The van der Waals surface area contributed by atoms with E-state index in [1.807, 2.05) is 17.0 Å². The lowest BCUT2D eigenvalue weighted by Crippen LogP contribution is -2.27. The maximum Gasteiger partial charge on any atom is 0.404 e. The third kappa shape index (κ3) is 15.2. The number of benzene rings is 6. The van der Waals surface area contributed by atoms with Gasteiger partial charge in [0, 0.05) is 122 Å². The largest absolute Gasteiger partial charge is 0.465 e. The van der Waals surface area contributed by atoms with E-state index in [1.54, 1.807) is 92.5 Å². The number of halogens is 6. The van der Waals surface area contributed by atoms with E-state index in [2.05, 4.69) is 67.1 Å². The van der Waals surface area contributed by atoms with Gasteiger partial charge in [-0.15, -0.1) is 0 Å². The van der Waals surface area contributed by atoms with Gasteiger partial charge in [-0.3, -0.25) is 32.4 Å². The summed E-state index contributed by atoms with van der Waals surface area (Å²) in [6.45, 7) is 2.81. The lowest BCUT2D eigenvalue weighted by molar-refractivity contribution is -0.127. The minimum absolute atomic E-state index is 0.110. The summed E-state index contributed by atoms with van der Waals surface area (Å²) in [5.74, 6) is -3.33. The molecule has 1 aliphatic heterocycles. The van der Waals surface area contributed by atoms with Gasteiger partial charge in [0.1, 0.15) is 5.82 Å². The maximum absolute atomic E-state index is 14.3. The van der Waals surface area contributed by atoms with E-state index < -0.39 is 35.2 Å². The van der Waals surface area contributed by atoms with Crippen LogP contribution >= 0.6 is 11.6 Å². The van der Waals surface area contributed by atoms with Crippen molar-refractivity contribution in [2.45, 2.75) is 82.3 Å². The Kier molecular flexibility index (Phi) is 19.7. The fraction of sp³-hybridized carbons (Fsp3) is 0.274. The monoisotopic (exact) mass is 1420 g/mol. The van der Waals surface area contributed by atoms with Gasteiger partial charge in [0.2, 0.25) is 5.91 Å². The molecule has 0 atom stereocenters. The summed E-state index contributed by atoms with van der Waals surface area (Å²) in [6.07, 6.45) is 12.6.